The van der Waals surface area contributed by atoms with Gasteiger partial charge in [-0.15, -0.1) is 0 Å². The van der Waals surface area contributed by atoms with Crippen LogP contribution in [0, 0.1) is 17.5 Å². The predicted octanol–water partition coefficient (Wildman–Crippen LogP) is 0.795. The highest BCUT2D eigenvalue weighted by Gasteiger charge is 2.33. The minimum Gasteiger partial charge on any atom is -0.459 e. The first kappa shape index (κ1) is 18.9. The average Bonchev–Trinajstić information content (AvgIpc) is 3.01. The smallest absolute Gasteiger partial charge is 0.459 e. The molecule has 2 N–H and O–H groups in total. The second kappa shape index (κ2) is 7.81. The summed E-state index contributed by atoms with van der Waals surface area (Å²) >= 11 is 0. The van der Waals surface area contributed by atoms with E-state index in [-0.39, 0.29) is 23.2 Å². The maximum Gasteiger partial charge on any atom is 0.494 e. The van der Waals surface area contributed by atoms with Crippen LogP contribution in [-0.2, 0) is 27.4 Å². The lowest BCUT2D eigenvalue weighted by Crippen LogP contribution is -2.36. The third kappa shape index (κ3) is 4.12. The van der Waals surface area contributed by atoms with E-state index in [0.29, 0.717) is 11.6 Å². The van der Waals surface area contributed by atoms with Gasteiger partial charge in [0, 0.05) is 17.1 Å². The van der Waals surface area contributed by atoms with Gasteiger partial charge < -0.3 is 19.7 Å². The number of hydrogen-bond donors (Lipinski definition) is 2. The number of amides is 1. The van der Waals surface area contributed by atoms with E-state index < -0.39 is 49.6 Å². The van der Waals surface area contributed by atoms with E-state index in [1.54, 1.807) is 0 Å². The summed E-state index contributed by atoms with van der Waals surface area (Å²) in [6.07, 6.45) is 0. The van der Waals surface area contributed by atoms with E-state index in [2.05, 4.69) is 5.32 Å². The fourth-order valence-electron chi connectivity index (χ4n) is 2.55. The van der Waals surface area contributed by atoms with Crippen LogP contribution in [0.25, 0.3) is 0 Å². The molecule has 140 valence electrons. The van der Waals surface area contributed by atoms with Gasteiger partial charge in [-0.3, -0.25) is 9.59 Å². The van der Waals surface area contributed by atoms with Crippen molar-refractivity contribution in [3.63, 3.8) is 0 Å². The average molecular weight is 379 g/mol. The highest BCUT2D eigenvalue weighted by molar-refractivity contribution is 6.61. The summed E-state index contributed by atoms with van der Waals surface area (Å²) in [6, 6.07) is 5.45. The Hall–Kier alpha value is -2.85. The lowest BCUT2D eigenvalue weighted by Gasteiger charge is -2.09. The van der Waals surface area contributed by atoms with Gasteiger partial charge >= 0.3 is 13.1 Å². The molecule has 27 heavy (non-hydrogen) atoms. The molecule has 10 heteroatoms. The minimum atomic E-state index is -1.46. The van der Waals surface area contributed by atoms with E-state index in [1.807, 2.05) is 0 Å². The van der Waals surface area contributed by atoms with Crippen LogP contribution in [0.3, 0.4) is 0 Å². The Morgan fingerprint density at radius 2 is 2.00 bits per heavy atom. The quantitative estimate of drug-likeness (QED) is 0.593. The molecule has 0 fully saturated rings. The number of rotatable bonds is 5. The maximum atomic E-state index is 14.4. The largest absolute Gasteiger partial charge is 0.494 e. The molecule has 2 aromatic carbocycles. The van der Waals surface area contributed by atoms with Gasteiger partial charge in [0.15, 0.2) is 0 Å². The molecule has 3 rings (SSSR count). The molecule has 0 aliphatic carbocycles. The molecule has 0 atom stereocenters. The summed E-state index contributed by atoms with van der Waals surface area (Å²) in [4.78, 5) is 23.7. The van der Waals surface area contributed by atoms with E-state index in [4.69, 9.17) is 9.39 Å². The summed E-state index contributed by atoms with van der Waals surface area (Å²) in [5.74, 6) is -4.34. The standard InChI is InChI=1S/C17H13BF3NO5/c19-11-3-1-9(13(20)5-11)7-26-14(23)6-22-17(24)12-4-2-10-8-27-18(25)15(10)16(12)21/h1-5,25H,6-8H2,(H,22,24). The number of ether oxygens (including phenoxy) is 1. The normalized spacial score (nSPS) is 12.7. The van der Waals surface area contributed by atoms with Crippen molar-refractivity contribution in [2.45, 2.75) is 13.2 Å². The summed E-state index contributed by atoms with van der Waals surface area (Å²) < 4.78 is 50.3. The van der Waals surface area contributed by atoms with Crippen molar-refractivity contribution in [2.75, 3.05) is 6.54 Å². The number of esters is 1. The van der Waals surface area contributed by atoms with Crippen LogP contribution in [0.4, 0.5) is 13.2 Å². The van der Waals surface area contributed by atoms with Crippen LogP contribution in [-0.4, -0.2) is 30.6 Å². The predicted molar refractivity (Wildman–Crippen MR) is 87.3 cm³/mol. The molecule has 0 bridgehead atoms. The van der Waals surface area contributed by atoms with E-state index >= 15 is 0 Å². The first-order valence-corrected chi connectivity index (χ1v) is 7.85. The molecule has 0 saturated heterocycles. The first-order valence-electron chi connectivity index (χ1n) is 7.85. The van der Waals surface area contributed by atoms with Gasteiger partial charge in [0.05, 0.1) is 12.2 Å². The molecule has 1 aliphatic heterocycles. The monoisotopic (exact) mass is 379 g/mol. The number of halogens is 3. The van der Waals surface area contributed by atoms with Gasteiger partial charge in [0.2, 0.25) is 0 Å². The number of nitrogens with one attached hydrogen (secondary N) is 1. The molecule has 1 amide bonds. The summed E-state index contributed by atoms with van der Waals surface area (Å²) in [5.41, 5.74) is -0.0836. The second-order valence-corrected chi connectivity index (χ2v) is 5.74. The third-order valence-electron chi connectivity index (χ3n) is 3.96. The molecule has 6 nitrogen and oxygen atoms in total. The van der Waals surface area contributed by atoms with E-state index in [0.717, 1.165) is 12.1 Å². The second-order valence-electron chi connectivity index (χ2n) is 5.74. The zero-order chi connectivity index (χ0) is 19.6. The van der Waals surface area contributed by atoms with Crippen molar-refractivity contribution in [3.8, 4) is 0 Å². The van der Waals surface area contributed by atoms with Crippen molar-refractivity contribution in [3.05, 3.63) is 64.5 Å². The minimum absolute atomic E-state index is 0.0294. The molecule has 1 heterocycles. The molecule has 0 radical (unpaired) electrons. The van der Waals surface area contributed by atoms with Gasteiger partial charge in [-0.05, 0) is 23.8 Å². The van der Waals surface area contributed by atoms with Crippen LogP contribution in [0.1, 0.15) is 21.5 Å². The van der Waals surface area contributed by atoms with Crippen LogP contribution < -0.4 is 10.8 Å². The molecule has 2 aromatic rings. The molecular weight excluding hydrogens is 366 g/mol. The van der Waals surface area contributed by atoms with Crippen LogP contribution in [0.2, 0.25) is 0 Å². The zero-order valence-electron chi connectivity index (χ0n) is 13.8. The van der Waals surface area contributed by atoms with Gasteiger partial charge in [-0.2, -0.15) is 0 Å². The lowest BCUT2D eigenvalue weighted by atomic mass is 9.78. The zero-order valence-corrected chi connectivity index (χ0v) is 13.8. The highest BCUT2D eigenvalue weighted by atomic mass is 19.1. The lowest BCUT2D eigenvalue weighted by molar-refractivity contribution is -0.143. The van der Waals surface area contributed by atoms with Gasteiger partial charge in [0.25, 0.3) is 5.91 Å². The number of benzene rings is 2. The SMILES string of the molecule is O=C(CNC(=O)c1ccc2c(c1F)B(O)OC2)OCc1ccc(F)cc1F. The van der Waals surface area contributed by atoms with Gasteiger partial charge in [-0.25, -0.2) is 13.2 Å². The maximum absolute atomic E-state index is 14.4. The fraction of sp³-hybridized carbons (Fsp3) is 0.176. The van der Waals surface area contributed by atoms with E-state index in [1.165, 1.54) is 12.1 Å². The van der Waals surface area contributed by atoms with Crippen LogP contribution >= 0.6 is 0 Å². The Balaban J connectivity index is 1.56. The third-order valence-corrected chi connectivity index (χ3v) is 3.96. The van der Waals surface area contributed by atoms with Crippen molar-refractivity contribution < 1.29 is 37.2 Å². The highest BCUT2D eigenvalue weighted by Crippen LogP contribution is 2.16. The molecular formula is C17H13BF3NO5. The van der Waals surface area contributed by atoms with Crippen LogP contribution in [0.15, 0.2) is 30.3 Å². The Morgan fingerprint density at radius 3 is 2.74 bits per heavy atom. The summed E-state index contributed by atoms with van der Waals surface area (Å²) in [5, 5.41) is 11.8. The molecule has 0 aromatic heterocycles. The Labute approximate surface area is 152 Å². The number of carbonyl (C=O) groups excluding carboxylic acids is 2. The topological polar surface area (TPSA) is 84.9 Å². The molecule has 1 aliphatic rings. The van der Waals surface area contributed by atoms with Crippen LogP contribution in [0.5, 0.6) is 0 Å². The van der Waals surface area contributed by atoms with E-state index in [9.17, 15) is 27.8 Å². The van der Waals surface area contributed by atoms with Crippen molar-refractivity contribution in [1.29, 1.82) is 0 Å². The molecule has 0 unspecified atom stereocenters. The Kier molecular flexibility index (Phi) is 5.47. The Morgan fingerprint density at radius 1 is 1.22 bits per heavy atom. The van der Waals surface area contributed by atoms with Gasteiger partial charge in [-0.1, -0.05) is 6.07 Å². The van der Waals surface area contributed by atoms with Crippen molar-refractivity contribution in [1.82, 2.24) is 5.32 Å². The van der Waals surface area contributed by atoms with Crippen molar-refractivity contribution >= 4 is 24.5 Å². The van der Waals surface area contributed by atoms with Gasteiger partial charge in [0.1, 0.15) is 30.6 Å². The number of fused-ring (bicyclic) bond motifs is 1. The summed E-state index contributed by atoms with van der Waals surface area (Å²) in [7, 11) is -1.46. The molecule has 0 saturated carbocycles. The summed E-state index contributed by atoms with van der Waals surface area (Å²) in [6.45, 7) is -1.00. The number of hydrogen-bond acceptors (Lipinski definition) is 5. The Bertz CT molecular complexity index is 908. The molecule has 0 spiro atoms. The number of carbonyl (C=O) groups is 2. The van der Waals surface area contributed by atoms with Crippen molar-refractivity contribution in [2.24, 2.45) is 0 Å². The fourth-order valence-corrected chi connectivity index (χ4v) is 2.55. The first-order chi connectivity index (χ1) is 12.9.